The lowest BCUT2D eigenvalue weighted by atomic mass is 9.78. The summed E-state index contributed by atoms with van der Waals surface area (Å²) in [6.45, 7) is 6.74. The van der Waals surface area contributed by atoms with E-state index in [0.29, 0.717) is 35.0 Å². The molecule has 0 aliphatic heterocycles. The summed E-state index contributed by atoms with van der Waals surface area (Å²) in [5.74, 6) is 2.16. The van der Waals surface area contributed by atoms with Gasteiger partial charge in [0.15, 0.2) is 5.82 Å². The van der Waals surface area contributed by atoms with Gasteiger partial charge in [0, 0.05) is 13.2 Å². The van der Waals surface area contributed by atoms with E-state index >= 15 is 0 Å². The molecule has 3 rings (SSSR count). The summed E-state index contributed by atoms with van der Waals surface area (Å²) < 4.78 is 10.6. The van der Waals surface area contributed by atoms with Crippen LogP contribution >= 0.6 is 11.3 Å². The molecule has 0 aromatic carbocycles. The maximum absolute atomic E-state index is 13.0. The fourth-order valence-electron chi connectivity index (χ4n) is 3.72. The highest BCUT2D eigenvalue weighted by atomic mass is 32.1. The SMILES string of the molecule is COCc1nc(OC)c2c(C)c(C(=O)NC3CCCC(C)C3C)sc2n1. The normalized spacial score (nSPS) is 23.2. The maximum Gasteiger partial charge on any atom is 0.261 e. The van der Waals surface area contributed by atoms with Crippen LogP contribution in [0.3, 0.4) is 0 Å². The van der Waals surface area contributed by atoms with E-state index in [1.54, 1.807) is 14.2 Å². The number of methoxy groups -OCH3 is 2. The number of nitrogens with zero attached hydrogens (tertiary/aromatic N) is 2. The molecule has 26 heavy (non-hydrogen) atoms. The van der Waals surface area contributed by atoms with Crippen LogP contribution in [0, 0.1) is 18.8 Å². The molecule has 0 spiro atoms. The summed E-state index contributed by atoms with van der Waals surface area (Å²) in [5.41, 5.74) is 0.875. The number of carbonyl (C=O) groups excluding carboxylic acids is 1. The topological polar surface area (TPSA) is 73.3 Å². The molecule has 1 N–H and O–H groups in total. The Labute approximate surface area is 158 Å². The molecular weight excluding hydrogens is 350 g/mol. The van der Waals surface area contributed by atoms with Crippen molar-refractivity contribution in [3.05, 3.63) is 16.3 Å². The molecule has 1 aliphatic rings. The number of amides is 1. The van der Waals surface area contributed by atoms with Gasteiger partial charge in [-0.15, -0.1) is 11.3 Å². The van der Waals surface area contributed by atoms with Crippen LogP contribution in [0.4, 0.5) is 0 Å². The molecule has 1 saturated carbocycles. The maximum atomic E-state index is 13.0. The van der Waals surface area contributed by atoms with Crippen LogP contribution in [-0.2, 0) is 11.3 Å². The Morgan fingerprint density at radius 3 is 2.73 bits per heavy atom. The van der Waals surface area contributed by atoms with Crippen molar-refractivity contribution in [2.45, 2.75) is 52.7 Å². The first-order chi connectivity index (χ1) is 12.5. The Bertz CT molecular complexity index is 805. The van der Waals surface area contributed by atoms with Crippen molar-refractivity contribution in [3.63, 3.8) is 0 Å². The van der Waals surface area contributed by atoms with Gasteiger partial charge in [-0.2, -0.15) is 4.98 Å². The Balaban J connectivity index is 1.92. The molecule has 3 unspecified atom stereocenters. The molecule has 0 saturated heterocycles. The zero-order valence-electron chi connectivity index (χ0n) is 16.1. The third-order valence-electron chi connectivity index (χ3n) is 5.50. The predicted molar refractivity (Wildman–Crippen MR) is 103 cm³/mol. The summed E-state index contributed by atoms with van der Waals surface area (Å²) in [5, 5.41) is 4.06. The molecular formula is C19H27N3O3S. The Morgan fingerprint density at radius 1 is 1.27 bits per heavy atom. The number of aryl methyl sites for hydroxylation is 1. The molecule has 1 amide bonds. The quantitative estimate of drug-likeness (QED) is 0.860. The minimum absolute atomic E-state index is 0.0215. The molecule has 0 radical (unpaired) electrons. The first-order valence-corrected chi connectivity index (χ1v) is 9.91. The summed E-state index contributed by atoms with van der Waals surface area (Å²) in [7, 11) is 3.19. The van der Waals surface area contributed by atoms with Gasteiger partial charge in [-0.05, 0) is 30.7 Å². The number of rotatable bonds is 5. The molecule has 6 nitrogen and oxygen atoms in total. The lowest BCUT2D eigenvalue weighted by Gasteiger charge is -2.34. The van der Waals surface area contributed by atoms with Crippen LogP contribution < -0.4 is 10.1 Å². The van der Waals surface area contributed by atoms with Crippen molar-refractivity contribution < 1.29 is 14.3 Å². The van der Waals surface area contributed by atoms with Crippen molar-refractivity contribution in [1.82, 2.24) is 15.3 Å². The summed E-state index contributed by atoms with van der Waals surface area (Å²) >= 11 is 1.39. The van der Waals surface area contributed by atoms with Crippen molar-refractivity contribution in [2.75, 3.05) is 14.2 Å². The number of hydrogen-bond acceptors (Lipinski definition) is 6. The largest absolute Gasteiger partial charge is 0.480 e. The fourth-order valence-corrected chi connectivity index (χ4v) is 4.82. The Hall–Kier alpha value is -1.73. The molecule has 2 heterocycles. The van der Waals surface area contributed by atoms with E-state index < -0.39 is 0 Å². The van der Waals surface area contributed by atoms with E-state index in [2.05, 4.69) is 29.1 Å². The zero-order valence-corrected chi connectivity index (χ0v) is 16.9. The number of fused-ring (bicyclic) bond motifs is 1. The smallest absolute Gasteiger partial charge is 0.261 e. The highest BCUT2D eigenvalue weighted by molar-refractivity contribution is 7.20. The molecule has 2 aromatic heterocycles. The van der Waals surface area contributed by atoms with Crippen LogP contribution in [0.2, 0.25) is 0 Å². The van der Waals surface area contributed by atoms with Crippen molar-refractivity contribution in [3.8, 4) is 5.88 Å². The van der Waals surface area contributed by atoms with E-state index in [0.717, 1.165) is 22.2 Å². The summed E-state index contributed by atoms with van der Waals surface area (Å²) in [4.78, 5) is 23.3. The number of ether oxygens (including phenoxy) is 2. The first-order valence-electron chi connectivity index (χ1n) is 9.10. The third kappa shape index (κ3) is 3.55. The zero-order chi connectivity index (χ0) is 18.8. The molecule has 1 fully saturated rings. The second-order valence-electron chi connectivity index (χ2n) is 7.17. The van der Waals surface area contributed by atoms with Crippen LogP contribution in [0.5, 0.6) is 5.88 Å². The molecule has 0 bridgehead atoms. The van der Waals surface area contributed by atoms with Gasteiger partial charge in [0.25, 0.3) is 5.91 Å². The highest BCUT2D eigenvalue weighted by Crippen LogP contribution is 2.36. The monoisotopic (exact) mass is 377 g/mol. The van der Waals surface area contributed by atoms with Crippen molar-refractivity contribution in [1.29, 1.82) is 0 Å². The van der Waals surface area contributed by atoms with E-state index in [4.69, 9.17) is 9.47 Å². The number of hydrogen-bond donors (Lipinski definition) is 1. The Morgan fingerprint density at radius 2 is 2.04 bits per heavy atom. The van der Waals surface area contributed by atoms with Crippen LogP contribution in [0.15, 0.2) is 0 Å². The average Bonchev–Trinajstić information content (AvgIpc) is 2.95. The van der Waals surface area contributed by atoms with Gasteiger partial charge in [0.05, 0.1) is 17.4 Å². The van der Waals surface area contributed by atoms with Crippen LogP contribution in [0.25, 0.3) is 10.2 Å². The number of aromatic nitrogens is 2. The molecule has 2 aromatic rings. The van der Waals surface area contributed by atoms with Gasteiger partial charge in [0.1, 0.15) is 11.4 Å². The third-order valence-corrected chi connectivity index (χ3v) is 6.68. The lowest BCUT2D eigenvalue weighted by molar-refractivity contribution is 0.0895. The second-order valence-corrected chi connectivity index (χ2v) is 8.16. The van der Waals surface area contributed by atoms with Gasteiger partial charge in [0.2, 0.25) is 5.88 Å². The fraction of sp³-hybridized carbons (Fsp3) is 0.632. The number of thiophene rings is 1. The minimum atomic E-state index is -0.0215. The van der Waals surface area contributed by atoms with E-state index in [9.17, 15) is 4.79 Å². The van der Waals surface area contributed by atoms with Gasteiger partial charge in [-0.1, -0.05) is 26.7 Å². The second kappa shape index (κ2) is 7.88. The average molecular weight is 378 g/mol. The number of carbonyl (C=O) groups is 1. The predicted octanol–water partition coefficient (Wildman–Crippen LogP) is 3.71. The van der Waals surface area contributed by atoms with Gasteiger partial charge in [-0.3, -0.25) is 4.79 Å². The summed E-state index contributed by atoms with van der Waals surface area (Å²) in [6, 6.07) is 0.230. The number of nitrogens with one attached hydrogen (secondary N) is 1. The Kier molecular flexibility index (Phi) is 5.77. The van der Waals surface area contributed by atoms with Gasteiger partial charge < -0.3 is 14.8 Å². The molecule has 1 aliphatic carbocycles. The molecule has 7 heteroatoms. The van der Waals surface area contributed by atoms with E-state index in [1.807, 2.05) is 6.92 Å². The van der Waals surface area contributed by atoms with E-state index in [1.165, 1.54) is 24.2 Å². The highest BCUT2D eigenvalue weighted by Gasteiger charge is 2.30. The van der Waals surface area contributed by atoms with Crippen molar-refractivity contribution in [2.24, 2.45) is 11.8 Å². The molecule has 142 valence electrons. The first kappa shape index (κ1) is 19.0. The van der Waals surface area contributed by atoms with E-state index in [-0.39, 0.29) is 11.9 Å². The molecule has 3 atom stereocenters. The minimum Gasteiger partial charge on any atom is -0.480 e. The lowest BCUT2D eigenvalue weighted by Crippen LogP contribution is -2.43. The summed E-state index contributed by atoms with van der Waals surface area (Å²) in [6.07, 6.45) is 3.45. The van der Waals surface area contributed by atoms with Crippen LogP contribution in [0.1, 0.15) is 54.2 Å². The van der Waals surface area contributed by atoms with Crippen molar-refractivity contribution >= 4 is 27.5 Å². The van der Waals surface area contributed by atoms with Crippen LogP contribution in [-0.4, -0.2) is 36.1 Å². The van der Waals surface area contributed by atoms with Gasteiger partial charge in [-0.25, -0.2) is 4.98 Å². The van der Waals surface area contributed by atoms with Gasteiger partial charge >= 0.3 is 0 Å². The standard InChI is InChI=1S/C19H27N3O3S/c1-10-7-6-8-13(11(10)2)20-17(23)16-12(3)15-18(25-5)21-14(9-24-4)22-19(15)26-16/h10-11,13H,6-9H2,1-5H3,(H,20,23).